The first kappa shape index (κ1) is 23.4. The molecule has 0 spiro atoms. The number of aldehydes is 2. The lowest BCUT2D eigenvalue weighted by molar-refractivity contribution is 0.0696. The van der Waals surface area contributed by atoms with Crippen molar-refractivity contribution in [2.24, 2.45) is 0 Å². The number of benzene rings is 3. The summed E-state index contributed by atoms with van der Waals surface area (Å²) >= 11 is 2.88. The van der Waals surface area contributed by atoms with Crippen molar-refractivity contribution in [2.75, 3.05) is 4.90 Å². The maximum absolute atomic E-state index is 11.4. The number of hydrogen-bond acceptors (Lipinski definition) is 6. The number of nitrogens with zero attached hydrogens (tertiary/aromatic N) is 1. The summed E-state index contributed by atoms with van der Waals surface area (Å²) in [5.74, 6) is -0.974. The van der Waals surface area contributed by atoms with Crippen LogP contribution in [0, 0.1) is 0 Å². The lowest BCUT2D eigenvalue weighted by Crippen LogP contribution is -2.10. The topological polar surface area (TPSA) is 74.7 Å². The summed E-state index contributed by atoms with van der Waals surface area (Å²) in [6, 6.07) is 30.3. The Labute approximate surface area is 215 Å². The molecule has 3 aromatic carbocycles. The van der Waals surface area contributed by atoms with Crippen LogP contribution in [0.25, 0.3) is 20.9 Å². The third kappa shape index (κ3) is 4.75. The second kappa shape index (κ2) is 10.1. The standard InChI is InChI=1S/C29H19NO4S2/c31-17-25-13-15-27(35-25)19-1-7-22(8-2-19)30(24-11-5-21(6-12-24)29(33)34)23-9-3-20(4-10-23)28-16-14-26(18-32)36-28/h1-18H,(H,33,34). The Morgan fingerprint density at radius 3 is 1.31 bits per heavy atom. The molecule has 1 N–H and O–H groups in total. The molecule has 0 atom stereocenters. The lowest BCUT2D eigenvalue weighted by Gasteiger charge is -2.26. The van der Waals surface area contributed by atoms with Crippen LogP contribution in [0.5, 0.6) is 0 Å². The highest BCUT2D eigenvalue weighted by molar-refractivity contribution is 7.17. The van der Waals surface area contributed by atoms with Crippen molar-refractivity contribution < 1.29 is 19.5 Å². The third-order valence-electron chi connectivity index (χ3n) is 5.68. The van der Waals surface area contributed by atoms with Crippen LogP contribution >= 0.6 is 22.7 Å². The molecule has 0 radical (unpaired) electrons. The van der Waals surface area contributed by atoms with E-state index in [1.165, 1.54) is 22.7 Å². The molecular weight excluding hydrogens is 490 g/mol. The zero-order valence-electron chi connectivity index (χ0n) is 18.8. The number of aromatic carboxylic acids is 1. The minimum Gasteiger partial charge on any atom is -0.478 e. The maximum Gasteiger partial charge on any atom is 0.335 e. The molecule has 0 bridgehead atoms. The zero-order chi connectivity index (χ0) is 25.1. The first-order chi connectivity index (χ1) is 17.6. The summed E-state index contributed by atoms with van der Waals surface area (Å²) in [6.45, 7) is 0. The molecule has 2 heterocycles. The van der Waals surface area contributed by atoms with E-state index in [0.29, 0.717) is 9.75 Å². The second-order valence-electron chi connectivity index (χ2n) is 7.92. The number of anilines is 3. The van der Waals surface area contributed by atoms with Gasteiger partial charge in [-0.2, -0.15) is 0 Å². The number of hydrogen-bond donors (Lipinski definition) is 1. The van der Waals surface area contributed by atoms with Crippen LogP contribution in [0.3, 0.4) is 0 Å². The van der Waals surface area contributed by atoms with E-state index in [1.54, 1.807) is 24.3 Å². The van der Waals surface area contributed by atoms with Crippen LogP contribution in [-0.4, -0.2) is 23.6 Å². The van der Waals surface area contributed by atoms with Gasteiger partial charge in [0.1, 0.15) is 0 Å². The normalized spacial score (nSPS) is 10.7. The highest BCUT2D eigenvalue weighted by Crippen LogP contribution is 2.38. The minimum absolute atomic E-state index is 0.219. The van der Waals surface area contributed by atoms with Crippen LogP contribution in [0.1, 0.15) is 29.7 Å². The van der Waals surface area contributed by atoms with Gasteiger partial charge in [0.25, 0.3) is 0 Å². The molecule has 0 aliphatic rings. The van der Waals surface area contributed by atoms with Gasteiger partial charge in [-0.15, -0.1) is 22.7 Å². The Kier molecular flexibility index (Phi) is 6.58. The van der Waals surface area contributed by atoms with Gasteiger partial charge in [0, 0.05) is 26.8 Å². The molecule has 0 saturated carbocycles. The van der Waals surface area contributed by atoms with Gasteiger partial charge in [-0.25, -0.2) is 4.79 Å². The van der Waals surface area contributed by atoms with Crippen LogP contribution < -0.4 is 4.90 Å². The Hall–Kier alpha value is -4.33. The Bertz CT molecular complexity index is 1440. The molecule has 176 valence electrons. The molecule has 5 nitrogen and oxygen atoms in total. The fourth-order valence-electron chi connectivity index (χ4n) is 3.89. The average molecular weight is 510 g/mol. The fourth-order valence-corrected chi connectivity index (χ4v) is 5.55. The first-order valence-electron chi connectivity index (χ1n) is 11.0. The number of carboxylic acid groups (broad SMARTS) is 1. The molecule has 0 aliphatic heterocycles. The van der Waals surface area contributed by atoms with Gasteiger partial charge in [-0.1, -0.05) is 24.3 Å². The van der Waals surface area contributed by atoms with Gasteiger partial charge >= 0.3 is 5.97 Å². The smallest absolute Gasteiger partial charge is 0.335 e. The first-order valence-corrected chi connectivity index (χ1v) is 12.6. The van der Waals surface area contributed by atoms with Gasteiger partial charge in [-0.3, -0.25) is 9.59 Å². The van der Waals surface area contributed by atoms with Crippen LogP contribution in [0.4, 0.5) is 17.1 Å². The molecule has 0 unspecified atom stereocenters. The third-order valence-corrected chi connectivity index (χ3v) is 7.80. The molecule has 7 heteroatoms. The molecule has 0 aliphatic carbocycles. The van der Waals surface area contributed by atoms with E-state index in [2.05, 4.69) is 4.90 Å². The highest BCUT2D eigenvalue weighted by atomic mass is 32.1. The van der Waals surface area contributed by atoms with Gasteiger partial charge in [-0.05, 0) is 83.9 Å². The summed E-state index contributed by atoms with van der Waals surface area (Å²) in [5.41, 5.74) is 4.87. The minimum atomic E-state index is -0.974. The van der Waals surface area contributed by atoms with Crippen LogP contribution in [0.15, 0.2) is 97.1 Å². The Balaban J connectivity index is 1.52. The molecule has 0 amide bonds. The Morgan fingerprint density at radius 2 is 0.972 bits per heavy atom. The molecule has 5 rings (SSSR count). The number of thiophene rings is 2. The zero-order valence-corrected chi connectivity index (χ0v) is 20.5. The molecule has 2 aromatic heterocycles. The highest BCUT2D eigenvalue weighted by Gasteiger charge is 2.15. The largest absolute Gasteiger partial charge is 0.478 e. The summed E-state index contributed by atoms with van der Waals surface area (Å²) in [4.78, 5) is 38.9. The quantitative estimate of drug-likeness (QED) is 0.215. The van der Waals surface area contributed by atoms with E-state index in [9.17, 15) is 19.5 Å². The van der Waals surface area contributed by atoms with Crippen molar-refractivity contribution in [3.05, 3.63) is 112 Å². The number of carbonyl (C=O) groups excluding carboxylic acids is 2. The van der Waals surface area contributed by atoms with E-state index < -0.39 is 5.97 Å². The van der Waals surface area contributed by atoms with E-state index in [4.69, 9.17) is 0 Å². The van der Waals surface area contributed by atoms with Crippen LogP contribution in [0.2, 0.25) is 0 Å². The van der Waals surface area contributed by atoms with Crippen molar-refractivity contribution in [3.63, 3.8) is 0 Å². The van der Waals surface area contributed by atoms with E-state index in [1.807, 2.05) is 72.8 Å². The van der Waals surface area contributed by atoms with Gasteiger partial charge < -0.3 is 10.0 Å². The average Bonchev–Trinajstić information content (AvgIpc) is 3.60. The van der Waals surface area contributed by atoms with E-state index in [-0.39, 0.29) is 5.56 Å². The van der Waals surface area contributed by atoms with Gasteiger partial charge in [0.05, 0.1) is 15.3 Å². The number of carboxylic acids is 1. The van der Waals surface area contributed by atoms with Gasteiger partial charge in [0.2, 0.25) is 0 Å². The summed E-state index contributed by atoms with van der Waals surface area (Å²) in [6.07, 6.45) is 1.70. The Morgan fingerprint density at radius 1 is 0.583 bits per heavy atom. The van der Waals surface area contributed by atoms with Crippen molar-refractivity contribution >= 4 is 58.3 Å². The van der Waals surface area contributed by atoms with E-state index in [0.717, 1.165) is 50.5 Å². The fraction of sp³-hybridized carbons (Fsp3) is 0. The maximum atomic E-state index is 11.4. The van der Waals surface area contributed by atoms with Crippen molar-refractivity contribution in [3.8, 4) is 20.9 Å². The molecule has 36 heavy (non-hydrogen) atoms. The predicted octanol–water partition coefficient (Wildman–Crippen LogP) is 7.94. The van der Waals surface area contributed by atoms with Crippen molar-refractivity contribution in [2.45, 2.75) is 0 Å². The molecule has 0 saturated heterocycles. The van der Waals surface area contributed by atoms with Gasteiger partial charge in [0.15, 0.2) is 12.6 Å². The summed E-state index contributed by atoms with van der Waals surface area (Å²) in [7, 11) is 0. The van der Waals surface area contributed by atoms with Crippen molar-refractivity contribution in [1.82, 2.24) is 0 Å². The summed E-state index contributed by atoms with van der Waals surface area (Å²) in [5, 5.41) is 9.31. The summed E-state index contributed by atoms with van der Waals surface area (Å²) < 4.78 is 0. The monoisotopic (exact) mass is 509 g/mol. The van der Waals surface area contributed by atoms with Crippen molar-refractivity contribution in [1.29, 1.82) is 0 Å². The molecular formula is C29H19NO4S2. The number of carbonyl (C=O) groups is 3. The number of rotatable bonds is 8. The predicted molar refractivity (Wildman–Crippen MR) is 145 cm³/mol. The molecule has 0 fully saturated rings. The molecule has 5 aromatic rings. The van der Waals surface area contributed by atoms with Crippen LogP contribution in [-0.2, 0) is 0 Å². The van der Waals surface area contributed by atoms with E-state index >= 15 is 0 Å². The second-order valence-corrected chi connectivity index (χ2v) is 10.2. The lowest BCUT2D eigenvalue weighted by atomic mass is 10.1. The SMILES string of the molecule is O=Cc1ccc(-c2ccc(N(c3ccc(C(=O)O)cc3)c3ccc(-c4ccc(C=O)s4)cc3)cc2)s1.